The van der Waals surface area contributed by atoms with E-state index in [1.165, 1.54) is 39.0 Å². The smallest absolute Gasteiger partial charge is 0.403 e. The maximum Gasteiger partial charge on any atom is 0.573 e. The lowest BCUT2D eigenvalue weighted by Gasteiger charge is -2.32. The summed E-state index contributed by atoms with van der Waals surface area (Å²) in [6.45, 7) is 2.33. The first-order valence-corrected chi connectivity index (χ1v) is 12.9. The summed E-state index contributed by atoms with van der Waals surface area (Å²) in [5, 5.41) is 30.6. The molecule has 0 spiro atoms. The van der Waals surface area contributed by atoms with Crippen molar-refractivity contribution >= 4 is 28.4 Å². The zero-order chi connectivity index (χ0) is 32.8. The number of nitrogens with zero attached hydrogens (tertiary/aromatic N) is 3. The van der Waals surface area contributed by atoms with Crippen molar-refractivity contribution in [1.29, 1.82) is 0 Å². The van der Waals surface area contributed by atoms with Crippen LogP contribution in [0.15, 0.2) is 48.5 Å². The zero-order valence-corrected chi connectivity index (χ0v) is 23.7. The number of ether oxygens (including phenoxy) is 1. The van der Waals surface area contributed by atoms with E-state index in [0.29, 0.717) is 12.1 Å². The Balaban J connectivity index is 1.79. The molecule has 0 aliphatic carbocycles. The fourth-order valence-electron chi connectivity index (χ4n) is 4.19. The summed E-state index contributed by atoms with van der Waals surface area (Å²) < 4.78 is 100. The van der Waals surface area contributed by atoms with E-state index in [4.69, 9.17) is 11.6 Å². The van der Waals surface area contributed by atoms with Gasteiger partial charge in [-0.1, -0.05) is 11.6 Å². The monoisotopic (exact) mass is 646 g/mol. The van der Waals surface area contributed by atoms with Crippen molar-refractivity contribution in [2.45, 2.75) is 44.5 Å². The molecule has 0 radical (unpaired) electrons. The van der Waals surface area contributed by atoms with Gasteiger partial charge in [0.1, 0.15) is 11.3 Å². The average Bonchev–Trinajstić information content (AvgIpc) is 2.89. The predicted octanol–water partition coefficient (Wildman–Crippen LogP) is 6.10. The Morgan fingerprint density at radius 1 is 0.977 bits per heavy atom. The van der Waals surface area contributed by atoms with Gasteiger partial charge in [-0.3, -0.25) is 4.79 Å². The summed E-state index contributed by atoms with van der Waals surface area (Å²) in [5.74, 6) is -2.92. The maximum atomic E-state index is 14.5. The van der Waals surface area contributed by atoms with E-state index < -0.39 is 59.0 Å². The Morgan fingerprint density at radius 3 is 2.18 bits per heavy atom. The van der Waals surface area contributed by atoms with Crippen LogP contribution in [0.1, 0.15) is 41.2 Å². The van der Waals surface area contributed by atoms with E-state index in [2.05, 4.69) is 19.9 Å². The van der Waals surface area contributed by atoms with Crippen LogP contribution >= 0.6 is 11.6 Å². The summed E-state index contributed by atoms with van der Waals surface area (Å²) in [6, 6.07) is 7.98. The lowest BCUT2D eigenvalue weighted by molar-refractivity contribution is -0.274. The van der Waals surface area contributed by atoms with Crippen LogP contribution in [0.25, 0.3) is 22.2 Å². The Kier molecular flexibility index (Phi) is 8.54. The fourth-order valence-corrected chi connectivity index (χ4v) is 4.63. The highest BCUT2D eigenvalue weighted by Gasteiger charge is 2.57. The van der Waals surface area contributed by atoms with Crippen molar-refractivity contribution in [3.63, 3.8) is 0 Å². The minimum absolute atomic E-state index is 0.0337. The summed E-state index contributed by atoms with van der Waals surface area (Å²) in [5.41, 5.74) is -8.09. The van der Waals surface area contributed by atoms with Crippen LogP contribution in [-0.2, 0) is 11.2 Å². The number of alkyl halides is 6. The van der Waals surface area contributed by atoms with Crippen LogP contribution in [-0.4, -0.2) is 50.4 Å². The molecule has 0 fully saturated rings. The highest BCUT2D eigenvalue weighted by atomic mass is 35.5. The molecule has 4 aromatic rings. The van der Waals surface area contributed by atoms with Gasteiger partial charge in [-0.15, -0.1) is 18.3 Å². The normalized spacial score (nSPS) is 13.9. The Labute approximate surface area is 249 Å². The SMILES string of the molecule is Cc1cc2cc(C(=O)NC[C@](O)(c3cc(C(C)(C)O)c(Cl)c(-c4ccc(F)cc4)n3)C(F)(F)F)cc(OC(F)(F)F)c2nn1. The number of halogens is 8. The van der Waals surface area contributed by atoms with Gasteiger partial charge in [0, 0.05) is 22.1 Å². The van der Waals surface area contributed by atoms with Crippen LogP contribution in [0.3, 0.4) is 0 Å². The molecule has 16 heteroatoms. The number of aliphatic hydroxyl groups is 2. The van der Waals surface area contributed by atoms with E-state index in [-0.39, 0.29) is 38.4 Å². The topological polar surface area (TPSA) is 117 Å². The van der Waals surface area contributed by atoms with E-state index in [9.17, 15) is 45.7 Å². The molecule has 0 saturated carbocycles. The lowest BCUT2D eigenvalue weighted by Crippen LogP contribution is -2.51. The minimum Gasteiger partial charge on any atom is -0.403 e. The van der Waals surface area contributed by atoms with E-state index >= 15 is 0 Å². The predicted molar refractivity (Wildman–Crippen MR) is 143 cm³/mol. The first-order valence-electron chi connectivity index (χ1n) is 12.5. The summed E-state index contributed by atoms with van der Waals surface area (Å²) in [7, 11) is 0. The number of hydrogen-bond donors (Lipinski definition) is 3. The van der Waals surface area contributed by atoms with Crippen molar-refractivity contribution in [3.05, 3.63) is 81.9 Å². The van der Waals surface area contributed by atoms with Gasteiger partial charge in [0.25, 0.3) is 5.91 Å². The van der Waals surface area contributed by atoms with Crippen molar-refractivity contribution in [1.82, 2.24) is 20.5 Å². The molecule has 2 aromatic heterocycles. The second-order valence-corrected chi connectivity index (χ2v) is 10.6. The number of nitrogens with one attached hydrogen (secondary N) is 1. The second-order valence-electron chi connectivity index (χ2n) is 10.3. The molecular formula is C28H22ClF7N4O4. The van der Waals surface area contributed by atoms with Crippen molar-refractivity contribution in [3.8, 4) is 17.0 Å². The van der Waals surface area contributed by atoms with Crippen molar-refractivity contribution in [2.75, 3.05) is 6.54 Å². The number of rotatable bonds is 7. The zero-order valence-electron chi connectivity index (χ0n) is 22.9. The molecule has 44 heavy (non-hydrogen) atoms. The molecule has 8 nitrogen and oxygen atoms in total. The number of aryl methyl sites for hydroxylation is 1. The number of carbonyl (C=O) groups excluding carboxylic acids is 1. The first-order chi connectivity index (χ1) is 20.2. The van der Waals surface area contributed by atoms with Crippen molar-refractivity contribution in [2.24, 2.45) is 0 Å². The Bertz CT molecular complexity index is 1730. The molecule has 0 aliphatic heterocycles. The summed E-state index contributed by atoms with van der Waals surface area (Å²) >= 11 is 6.38. The number of hydrogen-bond acceptors (Lipinski definition) is 7. The highest BCUT2D eigenvalue weighted by Crippen LogP contribution is 2.43. The molecule has 3 N–H and O–H groups in total. The number of aromatic nitrogens is 3. The molecule has 1 amide bonds. The number of amides is 1. The third kappa shape index (κ3) is 6.84. The molecule has 1 atom stereocenters. The van der Waals surface area contributed by atoms with E-state index in [1.54, 1.807) is 0 Å². The van der Waals surface area contributed by atoms with Crippen LogP contribution in [0.2, 0.25) is 5.02 Å². The van der Waals surface area contributed by atoms with Gasteiger partial charge < -0.3 is 20.3 Å². The maximum absolute atomic E-state index is 14.5. The quantitative estimate of drug-likeness (QED) is 0.208. The van der Waals surface area contributed by atoms with Gasteiger partial charge in [-0.05, 0) is 69.3 Å². The summed E-state index contributed by atoms with van der Waals surface area (Å²) in [4.78, 5) is 16.9. The fraction of sp³-hybridized carbons (Fsp3) is 0.286. The van der Waals surface area contributed by atoms with E-state index in [1.807, 2.05) is 5.32 Å². The van der Waals surface area contributed by atoms with Gasteiger partial charge in [-0.2, -0.15) is 18.3 Å². The highest BCUT2D eigenvalue weighted by molar-refractivity contribution is 6.34. The van der Waals surface area contributed by atoms with Gasteiger partial charge in [0.2, 0.25) is 5.60 Å². The van der Waals surface area contributed by atoms with Crippen molar-refractivity contribution < 1.29 is 50.5 Å². The lowest BCUT2D eigenvalue weighted by atomic mass is 9.90. The molecule has 2 heterocycles. The van der Waals surface area contributed by atoms with Gasteiger partial charge in [-0.25, -0.2) is 9.37 Å². The van der Waals surface area contributed by atoms with E-state index in [0.717, 1.165) is 18.2 Å². The molecule has 234 valence electrons. The number of benzene rings is 2. The van der Waals surface area contributed by atoms with Crippen LogP contribution < -0.4 is 10.1 Å². The number of carbonyl (C=O) groups is 1. The minimum atomic E-state index is -5.50. The Hall–Kier alpha value is -4.08. The van der Waals surface area contributed by atoms with Crippen LogP contribution in [0.5, 0.6) is 5.75 Å². The number of fused-ring (bicyclic) bond motifs is 1. The van der Waals surface area contributed by atoms with Crippen LogP contribution in [0, 0.1) is 12.7 Å². The molecule has 2 aromatic carbocycles. The third-order valence-corrected chi connectivity index (χ3v) is 6.78. The molecule has 4 rings (SSSR count). The average molecular weight is 647 g/mol. The Morgan fingerprint density at radius 2 is 1.61 bits per heavy atom. The number of pyridine rings is 1. The summed E-state index contributed by atoms with van der Waals surface area (Å²) in [6.07, 6.45) is -10.7. The molecule has 0 unspecified atom stereocenters. The molecule has 0 saturated heterocycles. The largest absolute Gasteiger partial charge is 0.573 e. The first kappa shape index (κ1) is 32.8. The third-order valence-electron chi connectivity index (χ3n) is 6.40. The van der Waals surface area contributed by atoms with Gasteiger partial charge in [0.15, 0.2) is 5.75 Å². The second kappa shape index (κ2) is 11.4. The molecule has 0 aliphatic rings. The van der Waals surface area contributed by atoms with Crippen LogP contribution in [0.4, 0.5) is 30.7 Å². The van der Waals surface area contributed by atoms with Gasteiger partial charge >= 0.3 is 12.5 Å². The molecular weight excluding hydrogens is 625 g/mol. The molecule has 0 bridgehead atoms. The standard InChI is InChI=1S/C28H22ClF7N4O4/c1-13-8-15-9-16(10-19(22(15)40-39-13)44-28(34,35)36)24(41)37-12-26(43,27(31,32)33)20-11-18(25(2,3)42)21(29)23(38-20)14-4-6-17(30)7-5-14/h4-11,42-43H,12H2,1-3H3,(H,37,41)/t26-/m0/s1. The van der Waals surface area contributed by atoms with Gasteiger partial charge in [0.05, 0.1) is 34.3 Å².